The van der Waals surface area contributed by atoms with Crippen LogP contribution in [0.3, 0.4) is 0 Å². The molecule has 1 aliphatic heterocycles. The van der Waals surface area contributed by atoms with Gasteiger partial charge in [0, 0.05) is 32.1 Å². The molecule has 0 aromatic heterocycles. The van der Waals surface area contributed by atoms with Gasteiger partial charge in [0.1, 0.15) is 0 Å². The topological polar surface area (TPSA) is 49.6 Å². The molecule has 0 spiro atoms. The van der Waals surface area contributed by atoms with Crippen molar-refractivity contribution in [3.05, 3.63) is 0 Å². The number of amides is 1. The van der Waals surface area contributed by atoms with E-state index in [4.69, 9.17) is 5.73 Å². The second-order valence-electron chi connectivity index (χ2n) is 4.81. The van der Waals surface area contributed by atoms with Gasteiger partial charge < -0.3 is 10.6 Å². The molecule has 1 unspecified atom stereocenters. The largest absolute Gasteiger partial charge is 0.343 e. The van der Waals surface area contributed by atoms with Crippen molar-refractivity contribution in [2.45, 2.75) is 45.6 Å². The molecule has 17 heavy (non-hydrogen) atoms. The second kappa shape index (κ2) is 7.67. The molecule has 0 bridgehead atoms. The van der Waals surface area contributed by atoms with Gasteiger partial charge >= 0.3 is 0 Å². The molecule has 1 atom stereocenters. The summed E-state index contributed by atoms with van der Waals surface area (Å²) in [6, 6.07) is 0.216. The number of carbonyl (C=O) groups excluding carboxylic acids is 1. The monoisotopic (exact) mass is 241 g/mol. The summed E-state index contributed by atoms with van der Waals surface area (Å²) in [6.07, 6.45) is 4.02. The van der Waals surface area contributed by atoms with Crippen LogP contribution in [-0.4, -0.2) is 54.5 Å². The predicted molar refractivity (Wildman–Crippen MR) is 70.8 cm³/mol. The maximum atomic E-state index is 12.1. The number of nitrogens with zero attached hydrogens (tertiary/aromatic N) is 2. The van der Waals surface area contributed by atoms with Gasteiger partial charge in [-0.15, -0.1) is 0 Å². The Morgan fingerprint density at radius 1 is 1.35 bits per heavy atom. The highest BCUT2D eigenvalue weighted by atomic mass is 16.2. The maximum absolute atomic E-state index is 12.1. The van der Waals surface area contributed by atoms with Gasteiger partial charge in [-0.2, -0.15) is 0 Å². The SMILES string of the molecule is CCCN(CC)C(CN)CC(=O)N1CCCC1. The number of carbonyl (C=O) groups is 1. The molecule has 0 saturated carbocycles. The lowest BCUT2D eigenvalue weighted by Crippen LogP contribution is -2.44. The average Bonchev–Trinajstić information content (AvgIpc) is 2.87. The fourth-order valence-corrected chi connectivity index (χ4v) is 2.54. The predicted octanol–water partition coefficient (Wildman–Crippen LogP) is 1.06. The standard InChI is InChI=1S/C13H27N3O/c1-3-7-15(4-2)12(11-14)10-13(17)16-8-5-6-9-16/h12H,3-11,14H2,1-2H3. The third kappa shape index (κ3) is 4.28. The van der Waals surface area contributed by atoms with Gasteiger partial charge in [-0.05, 0) is 32.4 Å². The Morgan fingerprint density at radius 2 is 2.00 bits per heavy atom. The molecule has 2 N–H and O–H groups in total. The van der Waals surface area contributed by atoms with Crippen molar-refractivity contribution in [2.75, 3.05) is 32.7 Å². The fourth-order valence-electron chi connectivity index (χ4n) is 2.54. The van der Waals surface area contributed by atoms with Crippen LogP contribution in [-0.2, 0) is 4.79 Å². The molecule has 1 rings (SSSR count). The molecule has 100 valence electrons. The third-order valence-electron chi connectivity index (χ3n) is 3.57. The van der Waals surface area contributed by atoms with E-state index in [1.165, 1.54) is 0 Å². The van der Waals surface area contributed by atoms with Gasteiger partial charge in [0.25, 0.3) is 0 Å². The van der Waals surface area contributed by atoms with Crippen LogP contribution >= 0.6 is 0 Å². The van der Waals surface area contributed by atoms with E-state index < -0.39 is 0 Å². The molecule has 1 fully saturated rings. The molecule has 1 heterocycles. The zero-order valence-electron chi connectivity index (χ0n) is 11.3. The maximum Gasteiger partial charge on any atom is 0.224 e. The molecule has 1 aliphatic rings. The zero-order valence-corrected chi connectivity index (χ0v) is 11.3. The number of hydrogen-bond acceptors (Lipinski definition) is 3. The van der Waals surface area contributed by atoms with Crippen LogP contribution in [0.15, 0.2) is 0 Å². The highest BCUT2D eigenvalue weighted by Crippen LogP contribution is 2.12. The number of rotatable bonds is 7. The highest BCUT2D eigenvalue weighted by Gasteiger charge is 2.23. The number of likely N-dealkylation sites (N-methyl/N-ethyl adjacent to an activating group) is 1. The first kappa shape index (κ1) is 14.5. The van der Waals surface area contributed by atoms with Crippen molar-refractivity contribution in [2.24, 2.45) is 5.73 Å². The summed E-state index contributed by atoms with van der Waals surface area (Å²) >= 11 is 0. The van der Waals surface area contributed by atoms with E-state index in [2.05, 4.69) is 18.7 Å². The van der Waals surface area contributed by atoms with E-state index >= 15 is 0 Å². The Hall–Kier alpha value is -0.610. The van der Waals surface area contributed by atoms with Crippen molar-refractivity contribution >= 4 is 5.91 Å². The van der Waals surface area contributed by atoms with Gasteiger partial charge in [0.05, 0.1) is 0 Å². The van der Waals surface area contributed by atoms with Gasteiger partial charge in [0.15, 0.2) is 0 Å². The fraction of sp³-hybridized carbons (Fsp3) is 0.923. The first-order chi connectivity index (χ1) is 8.22. The minimum Gasteiger partial charge on any atom is -0.343 e. The summed E-state index contributed by atoms with van der Waals surface area (Å²) in [6.45, 7) is 8.77. The summed E-state index contributed by atoms with van der Waals surface area (Å²) in [7, 11) is 0. The minimum absolute atomic E-state index is 0.216. The number of likely N-dealkylation sites (tertiary alicyclic amines) is 1. The molecule has 0 radical (unpaired) electrons. The van der Waals surface area contributed by atoms with Crippen molar-refractivity contribution in [1.82, 2.24) is 9.80 Å². The van der Waals surface area contributed by atoms with E-state index in [1.807, 2.05) is 4.90 Å². The molecule has 4 nitrogen and oxygen atoms in total. The van der Waals surface area contributed by atoms with E-state index in [0.717, 1.165) is 45.4 Å². The molecule has 0 aliphatic carbocycles. The summed E-state index contributed by atoms with van der Waals surface area (Å²) in [5.74, 6) is 0.285. The van der Waals surface area contributed by atoms with Gasteiger partial charge in [-0.1, -0.05) is 13.8 Å². The molecule has 1 saturated heterocycles. The molecule has 0 aromatic rings. The third-order valence-corrected chi connectivity index (χ3v) is 3.57. The Kier molecular flexibility index (Phi) is 6.52. The van der Waals surface area contributed by atoms with Gasteiger partial charge in [-0.25, -0.2) is 0 Å². The van der Waals surface area contributed by atoms with Crippen LogP contribution in [0.25, 0.3) is 0 Å². The van der Waals surface area contributed by atoms with Crippen LogP contribution in [0, 0.1) is 0 Å². The quantitative estimate of drug-likeness (QED) is 0.725. The number of hydrogen-bond donors (Lipinski definition) is 1. The van der Waals surface area contributed by atoms with Gasteiger partial charge in [0.2, 0.25) is 5.91 Å². The first-order valence-electron chi connectivity index (χ1n) is 6.94. The normalized spacial score (nSPS) is 17.8. The lowest BCUT2D eigenvalue weighted by molar-refractivity contribution is -0.131. The van der Waals surface area contributed by atoms with E-state index in [9.17, 15) is 4.79 Å². The van der Waals surface area contributed by atoms with Crippen LogP contribution in [0.2, 0.25) is 0 Å². The summed E-state index contributed by atoms with van der Waals surface area (Å²) in [5.41, 5.74) is 5.81. The zero-order chi connectivity index (χ0) is 12.7. The van der Waals surface area contributed by atoms with Crippen LogP contribution < -0.4 is 5.73 Å². The minimum atomic E-state index is 0.216. The highest BCUT2D eigenvalue weighted by molar-refractivity contribution is 5.77. The molecule has 4 heteroatoms. The lowest BCUT2D eigenvalue weighted by atomic mass is 10.1. The van der Waals surface area contributed by atoms with Crippen molar-refractivity contribution < 1.29 is 4.79 Å². The lowest BCUT2D eigenvalue weighted by Gasteiger charge is -2.30. The second-order valence-corrected chi connectivity index (χ2v) is 4.81. The van der Waals surface area contributed by atoms with Crippen LogP contribution in [0.5, 0.6) is 0 Å². The molecule has 0 aromatic carbocycles. The first-order valence-corrected chi connectivity index (χ1v) is 6.94. The van der Waals surface area contributed by atoms with E-state index in [0.29, 0.717) is 13.0 Å². The molecular formula is C13H27N3O. The van der Waals surface area contributed by atoms with Crippen molar-refractivity contribution in [3.8, 4) is 0 Å². The van der Waals surface area contributed by atoms with E-state index in [-0.39, 0.29) is 11.9 Å². The van der Waals surface area contributed by atoms with E-state index in [1.54, 1.807) is 0 Å². The molecular weight excluding hydrogens is 214 g/mol. The van der Waals surface area contributed by atoms with Crippen molar-refractivity contribution in [3.63, 3.8) is 0 Å². The summed E-state index contributed by atoms with van der Waals surface area (Å²) in [4.78, 5) is 16.4. The Labute approximate surface area is 105 Å². The smallest absolute Gasteiger partial charge is 0.224 e. The molecule has 1 amide bonds. The Balaban J connectivity index is 2.46. The summed E-state index contributed by atoms with van der Waals surface area (Å²) < 4.78 is 0. The Morgan fingerprint density at radius 3 is 2.47 bits per heavy atom. The van der Waals surface area contributed by atoms with Crippen molar-refractivity contribution in [1.29, 1.82) is 0 Å². The summed E-state index contributed by atoms with van der Waals surface area (Å²) in [5, 5.41) is 0. The van der Waals surface area contributed by atoms with Crippen LogP contribution in [0.1, 0.15) is 39.5 Å². The number of nitrogens with two attached hydrogens (primary N) is 1. The van der Waals surface area contributed by atoms with Crippen LogP contribution in [0.4, 0.5) is 0 Å². The van der Waals surface area contributed by atoms with Gasteiger partial charge in [-0.3, -0.25) is 9.69 Å². The average molecular weight is 241 g/mol. The Bertz CT molecular complexity index is 227.